The van der Waals surface area contributed by atoms with Crippen LogP contribution in [0.1, 0.15) is 36.1 Å². The average Bonchev–Trinajstić information content (AvgIpc) is 3.14. The molecular formula is C22H28N2O3. The van der Waals surface area contributed by atoms with Gasteiger partial charge in [0, 0.05) is 13.0 Å². The Morgan fingerprint density at radius 2 is 1.78 bits per heavy atom. The molecule has 1 aliphatic heterocycles. The number of rotatable bonds is 8. The molecule has 5 nitrogen and oxygen atoms in total. The van der Waals surface area contributed by atoms with Gasteiger partial charge in [0.1, 0.15) is 0 Å². The van der Waals surface area contributed by atoms with Crippen molar-refractivity contribution in [1.82, 2.24) is 10.2 Å². The van der Waals surface area contributed by atoms with Crippen molar-refractivity contribution >= 4 is 5.91 Å². The van der Waals surface area contributed by atoms with E-state index in [0.29, 0.717) is 19.4 Å². The number of aryl methyl sites for hydroxylation is 2. The summed E-state index contributed by atoms with van der Waals surface area (Å²) in [5.41, 5.74) is 3.62. The Balaban J connectivity index is 1.51. The summed E-state index contributed by atoms with van der Waals surface area (Å²) in [6.07, 6.45) is 2.17. The van der Waals surface area contributed by atoms with Gasteiger partial charge in [0.15, 0.2) is 11.5 Å². The van der Waals surface area contributed by atoms with E-state index in [1.807, 2.05) is 32.3 Å². The van der Waals surface area contributed by atoms with Crippen LogP contribution in [0, 0.1) is 0 Å². The Morgan fingerprint density at radius 1 is 1.07 bits per heavy atom. The van der Waals surface area contributed by atoms with Gasteiger partial charge in [-0.05, 0) is 55.8 Å². The van der Waals surface area contributed by atoms with E-state index < -0.39 is 0 Å². The van der Waals surface area contributed by atoms with Crippen molar-refractivity contribution in [2.24, 2.45) is 0 Å². The molecular weight excluding hydrogens is 340 g/mol. The summed E-state index contributed by atoms with van der Waals surface area (Å²) in [4.78, 5) is 14.5. The van der Waals surface area contributed by atoms with Crippen molar-refractivity contribution in [3.8, 4) is 11.5 Å². The SMILES string of the molecule is CCc1ccc(C(CNC(=O)CCc2ccc3c(c2)OCO3)N(C)C)cc1. The van der Waals surface area contributed by atoms with Crippen molar-refractivity contribution in [3.05, 3.63) is 59.2 Å². The molecule has 3 rings (SSSR count). The Bertz CT molecular complexity index is 772. The minimum absolute atomic E-state index is 0.0599. The lowest BCUT2D eigenvalue weighted by Crippen LogP contribution is -2.34. The second-order valence-electron chi connectivity index (χ2n) is 7.07. The number of nitrogens with zero attached hydrogens (tertiary/aromatic N) is 1. The fourth-order valence-corrected chi connectivity index (χ4v) is 3.23. The van der Waals surface area contributed by atoms with Crippen molar-refractivity contribution in [2.75, 3.05) is 27.4 Å². The first-order chi connectivity index (χ1) is 13.1. The number of hydrogen-bond acceptors (Lipinski definition) is 4. The fourth-order valence-electron chi connectivity index (χ4n) is 3.23. The van der Waals surface area contributed by atoms with Crippen LogP contribution in [-0.2, 0) is 17.6 Å². The second kappa shape index (κ2) is 8.91. The molecule has 1 aliphatic rings. The van der Waals surface area contributed by atoms with Gasteiger partial charge in [-0.2, -0.15) is 0 Å². The van der Waals surface area contributed by atoms with Crippen LogP contribution < -0.4 is 14.8 Å². The molecule has 0 spiro atoms. The normalized spacial score (nSPS) is 13.6. The van der Waals surface area contributed by atoms with E-state index in [-0.39, 0.29) is 18.7 Å². The number of benzene rings is 2. The Morgan fingerprint density at radius 3 is 2.48 bits per heavy atom. The average molecular weight is 368 g/mol. The Hall–Kier alpha value is -2.53. The lowest BCUT2D eigenvalue weighted by molar-refractivity contribution is -0.121. The summed E-state index contributed by atoms with van der Waals surface area (Å²) < 4.78 is 10.7. The largest absolute Gasteiger partial charge is 0.454 e. The molecule has 0 aromatic heterocycles. The van der Waals surface area contributed by atoms with Gasteiger partial charge in [0.25, 0.3) is 0 Å². The highest BCUT2D eigenvalue weighted by molar-refractivity contribution is 5.76. The van der Waals surface area contributed by atoms with E-state index in [1.165, 1.54) is 11.1 Å². The van der Waals surface area contributed by atoms with Gasteiger partial charge in [-0.1, -0.05) is 37.3 Å². The Labute approximate surface area is 161 Å². The number of carbonyl (C=O) groups excluding carboxylic acids is 1. The van der Waals surface area contributed by atoms with Gasteiger partial charge in [-0.25, -0.2) is 0 Å². The number of ether oxygens (including phenoxy) is 2. The molecule has 0 bridgehead atoms. The van der Waals surface area contributed by atoms with Gasteiger partial charge in [-0.15, -0.1) is 0 Å². The van der Waals surface area contributed by atoms with Crippen LogP contribution >= 0.6 is 0 Å². The summed E-state index contributed by atoms with van der Waals surface area (Å²) in [6.45, 7) is 3.02. The van der Waals surface area contributed by atoms with Crippen LogP contribution in [0.5, 0.6) is 11.5 Å². The molecule has 0 aliphatic carbocycles. The quantitative estimate of drug-likeness (QED) is 0.777. The molecule has 0 radical (unpaired) electrons. The molecule has 1 amide bonds. The van der Waals surface area contributed by atoms with E-state index in [9.17, 15) is 4.79 Å². The minimum Gasteiger partial charge on any atom is -0.454 e. The number of hydrogen-bond donors (Lipinski definition) is 1. The van der Waals surface area contributed by atoms with Gasteiger partial charge in [-0.3, -0.25) is 4.79 Å². The minimum atomic E-state index is 0.0599. The molecule has 0 saturated heterocycles. The van der Waals surface area contributed by atoms with Crippen LogP contribution in [0.15, 0.2) is 42.5 Å². The zero-order valence-electron chi connectivity index (χ0n) is 16.3. The molecule has 144 valence electrons. The van der Waals surface area contributed by atoms with Crippen LogP contribution in [0.2, 0.25) is 0 Å². The molecule has 1 heterocycles. The third-order valence-electron chi connectivity index (χ3n) is 4.97. The number of fused-ring (bicyclic) bond motifs is 1. The van der Waals surface area contributed by atoms with Crippen LogP contribution in [0.4, 0.5) is 0 Å². The maximum Gasteiger partial charge on any atom is 0.231 e. The maximum atomic E-state index is 12.3. The standard InChI is InChI=1S/C22H28N2O3/c1-4-16-5-9-18(10-6-16)19(24(2)3)14-23-22(25)12-8-17-7-11-20-21(13-17)27-15-26-20/h5-7,9-11,13,19H,4,8,12,14-15H2,1-3H3,(H,23,25). The second-order valence-corrected chi connectivity index (χ2v) is 7.07. The predicted molar refractivity (Wildman–Crippen MR) is 106 cm³/mol. The van der Waals surface area contributed by atoms with E-state index in [4.69, 9.17) is 9.47 Å². The molecule has 1 atom stereocenters. The first-order valence-electron chi connectivity index (χ1n) is 9.47. The predicted octanol–water partition coefficient (Wildman–Crippen LogP) is 3.33. The smallest absolute Gasteiger partial charge is 0.231 e. The summed E-state index contributed by atoms with van der Waals surface area (Å²) in [5, 5.41) is 3.08. The van der Waals surface area contributed by atoms with Gasteiger partial charge < -0.3 is 19.7 Å². The van der Waals surface area contributed by atoms with Crippen molar-refractivity contribution < 1.29 is 14.3 Å². The first kappa shape index (κ1) is 19.2. The monoisotopic (exact) mass is 368 g/mol. The molecule has 1 unspecified atom stereocenters. The van der Waals surface area contributed by atoms with Crippen LogP contribution in [0.3, 0.4) is 0 Å². The maximum absolute atomic E-state index is 12.3. The van der Waals surface area contributed by atoms with E-state index in [1.54, 1.807) is 0 Å². The van der Waals surface area contributed by atoms with Gasteiger partial charge in [0.05, 0.1) is 6.04 Å². The zero-order valence-corrected chi connectivity index (χ0v) is 16.3. The molecule has 0 fully saturated rings. The summed E-state index contributed by atoms with van der Waals surface area (Å²) in [5.74, 6) is 1.59. The summed E-state index contributed by atoms with van der Waals surface area (Å²) >= 11 is 0. The van der Waals surface area contributed by atoms with E-state index in [0.717, 1.165) is 23.5 Å². The number of amides is 1. The number of likely N-dealkylation sites (N-methyl/N-ethyl adjacent to an activating group) is 1. The number of carbonyl (C=O) groups is 1. The lowest BCUT2D eigenvalue weighted by atomic mass is 10.0. The summed E-state index contributed by atoms with van der Waals surface area (Å²) in [6, 6.07) is 14.6. The molecule has 1 N–H and O–H groups in total. The third kappa shape index (κ3) is 5.01. The highest BCUT2D eigenvalue weighted by Gasteiger charge is 2.16. The lowest BCUT2D eigenvalue weighted by Gasteiger charge is -2.25. The topological polar surface area (TPSA) is 50.8 Å². The highest BCUT2D eigenvalue weighted by atomic mass is 16.7. The molecule has 2 aromatic rings. The molecule has 2 aromatic carbocycles. The molecule has 0 saturated carbocycles. The van der Waals surface area contributed by atoms with Gasteiger partial charge in [0.2, 0.25) is 12.7 Å². The number of nitrogens with one attached hydrogen (secondary N) is 1. The van der Waals surface area contributed by atoms with Gasteiger partial charge >= 0.3 is 0 Å². The van der Waals surface area contributed by atoms with E-state index in [2.05, 4.69) is 41.4 Å². The molecule has 5 heteroatoms. The van der Waals surface area contributed by atoms with E-state index >= 15 is 0 Å². The highest BCUT2D eigenvalue weighted by Crippen LogP contribution is 2.32. The van der Waals surface area contributed by atoms with Crippen LogP contribution in [0.25, 0.3) is 0 Å². The van der Waals surface area contributed by atoms with Crippen molar-refractivity contribution in [3.63, 3.8) is 0 Å². The summed E-state index contributed by atoms with van der Waals surface area (Å²) in [7, 11) is 4.08. The zero-order chi connectivity index (χ0) is 19.2. The fraction of sp³-hybridized carbons (Fsp3) is 0.409. The van der Waals surface area contributed by atoms with Crippen molar-refractivity contribution in [1.29, 1.82) is 0 Å². The Kier molecular flexibility index (Phi) is 6.35. The van der Waals surface area contributed by atoms with Crippen molar-refractivity contribution in [2.45, 2.75) is 32.2 Å². The van der Waals surface area contributed by atoms with Crippen LogP contribution in [-0.4, -0.2) is 38.2 Å². The third-order valence-corrected chi connectivity index (χ3v) is 4.97. The first-order valence-corrected chi connectivity index (χ1v) is 9.47. The molecule has 27 heavy (non-hydrogen) atoms.